The molecule has 0 radical (unpaired) electrons. The van der Waals surface area contributed by atoms with E-state index >= 15 is 0 Å². The van der Waals surface area contributed by atoms with Crippen molar-refractivity contribution in [3.8, 4) is 5.75 Å². The van der Waals surface area contributed by atoms with Crippen molar-refractivity contribution in [1.29, 1.82) is 0 Å². The summed E-state index contributed by atoms with van der Waals surface area (Å²) in [6, 6.07) is 14.8. The molecule has 0 spiro atoms. The molecule has 2 aromatic rings. The number of phenolic OH excluding ortho intramolecular Hbond substituents is 1. The van der Waals surface area contributed by atoms with Gasteiger partial charge in [-0.3, -0.25) is 4.79 Å². The van der Waals surface area contributed by atoms with Crippen LogP contribution in [0.4, 0.5) is 10.5 Å². The monoisotopic (exact) mass is 500 g/mol. The van der Waals surface area contributed by atoms with Gasteiger partial charge in [0.25, 0.3) is 0 Å². The van der Waals surface area contributed by atoms with E-state index < -0.39 is 12.1 Å². The van der Waals surface area contributed by atoms with Crippen molar-refractivity contribution in [2.24, 2.45) is 0 Å². The van der Waals surface area contributed by atoms with E-state index in [1.165, 1.54) is 18.6 Å². The summed E-state index contributed by atoms with van der Waals surface area (Å²) in [6.07, 6.45) is 4.62. The van der Waals surface area contributed by atoms with Crippen LogP contribution in [0.5, 0.6) is 5.75 Å². The van der Waals surface area contributed by atoms with Gasteiger partial charge in [-0.05, 0) is 55.6 Å². The quantitative estimate of drug-likeness (QED) is 0.192. The van der Waals surface area contributed by atoms with Crippen molar-refractivity contribution in [3.63, 3.8) is 0 Å². The van der Waals surface area contributed by atoms with Crippen LogP contribution in [0.25, 0.3) is 0 Å². The zero-order valence-electron chi connectivity index (χ0n) is 20.2. The Morgan fingerprint density at radius 2 is 1.69 bits per heavy atom. The molecule has 190 valence electrons. The number of amides is 2. The van der Waals surface area contributed by atoms with Gasteiger partial charge in [0.1, 0.15) is 18.4 Å². The Bertz CT molecular complexity index is 927. The second-order valence-electron chi connectivity index (χ2n) is 8.18. The molecule has 9 heteroatoms. The maximum Gasteiger partial charge on any atom is 0.408 e. The number of carbonyl (C=O) groups excluding carboxylic acids is 2. The second-order valence-corrected chi connectivity index (χ2v) is 8.59. The number of hydrogen-bond acceptors (Lipinski definition) is 5. The van der Waals surface area contributed by atoms with Gasteiger partial charge in [-0.15, -0.1) is 0 Å². The third-order valence-electron chi connectivity index (χ3n) is 5.21. The van der Waals surface area contributed by atoms with E-state index in [4.69, 9.17) is 17.0 Å². The van der Waals surface area contributed by atoms with Crippen LogP contribution in [-0.2, 0) is 16.1 Å². The van der Waals surface area contributed by atoms with Crippen molar-refractivity contribution < 1.29 is 19.4 Å². The number of aromatic hydroxyl groups is 1. The normalized spacial score (nSPS) is 11.2. The largest absolute Gasteiger partial charge is 0.508 e. The van der Waals surface area contributed by atoms with Gasteiger partial charge in [0, 0.05) is 24.8 Å². The van der Waals surface area contributed by atoms with Crippen molar-refractivity contribution >= 4 is 35.0 Å². The van der Waals surface area contributed by atoms with Crippen molar-refractivity contribution in [2.75, 3.05) is 18.4 Å². The van der Waals surface area contributed by atoms with Gasteiger partial charge in [0.05, 0.1) is 0 Å². The molecule has 0 unspecified atom stereocenters. The summed E-state index contributed by atoms with van der Waals surface area (Å²) in [4.78, 5) is 25.2. The predicted molar refractivity (Wildman–Crippen MR) is 142 cm³/mol. The lowest BCUT2D eigenvalue weighted by molar-refractivity contribution is -0.118. The Kier molecular flexibility index (Phi) is 13.0. The Labute approximate surface area is 212 Å². The molecule has 2 rings (SSSR count). The number of alkyl carbamates (subject to hydrolysis) is 1. The number of benzene rings is 2. The molecule has 0 saturated carbocycles. The Morgan fingerprint density at radius 3 is 2.37 bits per heavy atom. The molecule has 0 aromatic heterocycles. The summed E-state index contributed by atoms with van der Waals surface area (Å²) >= 11 is 5.28. The van der Waals surface area contributed by atoms with E-state index in [1.54, 1.807) is 12.1 Å². The van der Waals surface area contributed by atoms with E-state index in [0.29, 0.717) is 30.2 Å². The number of unbranched alkanes of at least 4 members (excludes halogenated alkanes) is 3. The van der Waals surface area contributed by atoms with Crippen LogP contribution in [0.3, 0.4) is 0 Å². The van der Waals surface area contributed by atoms with Gasteiger partial charge < -0.3 is 31.1 Å². The van der Waals surface area contributed by atoms with Gasteiger partial charge in [-0.25, -0.2) is 4.79 Å². The summed E-state index contributed by atoms with van der Waals surface area (Å²) in [6.45, 7) is 3.79. The number of nitrogens with one attached hydrogen (secondary N) is 4. The summed E-state index contributed by atoms with van der Waals surface area (Å²) in [5, 5.41) is 22.0. The minimum Gasteiger partial charge on any atom is -0.508 e. The van der Waals surface area contributed by atoms with Crippen LogP contribution in [0.15, 0.2) is 54.6 Å². The lowest BCUT2D eigenvalue weighted by Crippen LogP contribution is -2.44. The molecule has 0 bridgehead atoms. The third kappa shape index (κ3) is 12.1. The van der Waals surface area contributed by atoms with E-state index in [1.807, 2.05) is 30.3 Å². The van der Waals surface area contributed by atoms with Gasteiger partial charge in [0.15, 0.2) is 5.11 Å². The average molecular weight is 501 g/mol. The van der Waals surface area contributed by atoms with Crippen LogP contribution in [-0.4, -0.2) is 41.4 Å². The maximum absolute atomic E-state index is 12.9. The molecule has 0 aliphatic rings. The summed E-state index contributed by atoms with van der Waals surface area (Å²) in [5.74, 6) is -0.340. The lowest BCUT2D eigenvalue weighted by Gasteiger charge is -2.19. The van der Waals surface area contributed by atoms with Crippen LogP contribution in [0.2, 0.25) is 0 Å². The smallest absolute Gasteiger partial charge is 0.408 e. The van der Waals surface area contributed by atoms with E-state index in [2.05, 4.69) is 28.2 Å². The molecule has 2 amide bonds. The van der Waals surface area contributed by atoms with E-state index in [9.17, 15) is 14.7 Å². The molecule has 0 aliphatic carbocycles. The first-order valence-electron chi connectivity index (χ1n) is 12.1. The van der Waals surface area contributed by atoms with Gasteiger partial charge in [-0.1, -0.05) is 56.2 Å². The third-order valence-corrected chi connectivity index (χ3v) is 5.49. The standard InChI is InChI=1S/C26H36N4O4S/c1-2-3-8-16-27-25(35)28-17-9-7-15-23(24(32)29-21-13-10-14-22(31)18-21)30-26(33)34-19-20-11-5-4-6-12-20/h4-6,10-14,18,23,31H,2-3,7-9,15-17,19H2,1H3,(H,29,32)(H,30,33)(H2,27,28,35)/t23-/m0/s1. The van der Waals surface area contributed by atoms with Crippen LogP contribution < -0.4 is 21.3 Å². The highest BCUT2D eigenvalue weighted by atomic mass is 32.1. The van der Waals surface area contributed by atoms with Crippen LogP contribution >= 0.6 is 12.2 Å². The second kappa shape index (κ2) is 16.3. The summed E-state index contributed by atoms with van der Waals surface area (Å²) in [5.41, 5.74) is 1.30. The molecule has 0 saturated heterocycles. The number of anilines is 1. The first-order valence-corrected chi connectivity index (χ1v) is 12.5. The number of rotatable bonds is 14. The van der Waals surface area contributed by atoms with E-state index in [0.717, 1.165) is 31.4 Å². The highest BCUT2D eigenvalue weighted by Gasteiger charge is 2.21. The van der Waals surface area contributed by atoms with Gasteiger partial charge in [-0.2, -0.15) is 0 Å². The minimum absolute atomic E-state index is 0.0416. The molecule has 0 aliphatic heterocycles. The number of phenols is 1. The molecular weight excluding hydrogens is 464 g/mol. The lowest BCUT2D eigenvalue weighted by atomic mass is 10.1. The molecule has 35 heavy (non-hydrogen) atoms. The molecule has 1 atom stereocenters. The Hall–Kier alpha value is -3.33. The summed E-state index contributed by atoms with van der Waals surface area (Å²) in [7, 11) is 0. The molecule has 2 aromatic carbocycles. The van der Waals surface area contributed by atoms with Crippen LogP contribution in [0, 0.1) is 0 Å². The topological polar surface area (TPSA) is 112 Å². The minimum atomic E-state index is -0.792. The van der Waals surface area contributed by atoms with Gasteiger partial charge >= 0.3 is 6.09 Å². The number of carbonyl (C=O) groups is 2. The van der Waals surface area contributed by atoms with E-state index in [-0.39, 0.29) is 18.3 Å². The fraction of sp³-hybridized carbons (Fsp3) is 0.423. The molecule has 0 fully saturated rings. The Balaban J connectivity index is 1.82. The fourth-order valence-electron chi connectivity index (χ4n) is 3.30. The number of ether oxygens (including phenoxy) is 1. The van der Waals surface area contributed by atoms with Gasteiger partial charge in [0.2, 0.25) is 5.91 Å². The molecule has 0 heterocycles. The Morgan fingerprint density at radius 1 is 0.971 bits per heavy atom. The zero-order valence-corrected chi connectivity index (χ0v) is 21.0. The summed E-state index contributed by atoms with van der Waals surface area (Å²) < 4.78 is 5.28. The average Bonchev–Trinajstić information content (AvgIpc) is 2.85. The highest BCUT2D eigenvalue weighted by molar-refractivity contribution is 7.80. The molecule has 5 N–H and O–H groups in total. The molecule has 8 nitrogen and oxygen atoms in total. The first kappa shape index (κ1) is 27.9. The fourth-order valence-corrected chi connectivity index (χ4v) is 3.51. The van der Waals surface area contributed by atoms with Crippen LogP contribution in [0.1, 0.15) is 51.0 Å². The van der Waals surface area contributed by atoms with Crippen molar-refractivity contribution in [2.45, 2.75) is 58.1 Å². The zero-order chi connectivity index (χ0) is 25.3. The SMILES string of the molecule is CCCCCNC(=S)NCCCC[C@H](NC(=O)OCc1ccccc1)C(=O)Nc1cccc(O)c1. The highest BCUT2D eigenvalue weighted by Crippen LogP contribution is 2.16. The maximum atomic E-state index is 12.9. The molecular formula is C26H36N4O4S. The number of thiocarbonyl (C=S) groups is 1. The van der Waals surface area contributed by atoms with Crippen molar-refractivity contribution in [3.05, 3.63) is 60.2 Å². The number of hydrogen-bond donors (Lipinski definition) is 5. The predicted octanol–water partition coefficient (Wildman–Crippen LogP) is 4.45. The van der Waals surface area contributed by atoms with Crippen molar-refractivity contribution in [1.82, 2.24) is 16.0 Å². The first-order chi connectivity index (χ1) is 17.0.